The third-order valence-corrected chi connectivity index (χ3v) is 4.71. The van der Waals surface area contributed by atoms with Gasteiger partial charge < -0.3 is 19.8 Å². The third kappa shape index (κ3) is 6.69. The van der Waals surface area contributed by atoms with E-state index in [9.17, 15) is 13.2 Å². The van der Waals surface area contributed by atoms with Crippen molar-refractivity contribution in [1.82, 2.24) is 10.3 Å². The second-order valence-corrected chi connectivity index (χ2v) is 7.20. The molecule has 0 aliphatic carbocycles. The number of hydrogen-bond donors (Lipinski definition) is 2. The zero-order chi connectivity index (χ0) is 21.4. The molecule has 3 rings (SSSR count). The smallest absolute Gasteiger partial charge is 0.422 e. The largest absolute Gasteiger partial charge is 0.494 e. The van der Waals surface area contributed by atoms with Crippen molar-refractivity contribution in [3.05, 3.63) is 59.8 Å². The Morgan fingerprint density at radius 3 is 2.67 bits per heavy atom. The van der Waals surface area contributed by atoms with E-state index in [0.29, 0.717) is 6.54 Å². The van der Waals surface area contributed by atoms with Crippen molar-refractivity contribution in [2.45, 2.75) is 38.9 Å². The monoisotopic (exact) mass is 420 g/mol. The Morgan fingerprint density at radius 1 is 1.03 bits per heavy atom. The maximum Gasteiger partial charge on any atom is 0.422 e. The molecule has 4 nitrogen and oxygen atoms in total. The summed E-state index contributed by atoms with van der Waals surface area (Å²) in [5, 5.41) is 4.50. The van der Waals surface area contributed by atoms with Crippen LogP contribution in [-0.2, 0) is 13.0 Å². The van der Waals surface area contributed by atoms with Crippen molar-refractivity contribution >= 4 is 10.9 Å². The second-order valence-electron chi connectivity index (χ2n) is 7.20. The summed E-state index contributed by atoms with van der Waals surface area (Å²) in [6, 6.07) is 12.8. The average Bonchev–Trinajstić information content (AvgIpc) is 3.12. The first-order valence-electron chi connectivity index (χ1n) is 10.2. The number of aromatic nitrogens is 1. The van der Waals surface area contributed by atoms with E-state index in [1.54, 1.807) is 12.1 Å². The highest BCUT2D eigenvalue weighted by Crippen LogP contribution is 2.24. The molecule has 0 saturated carbocycles. The van der Waals surface area contributed by atoms with Crippen LogP contribution in [-0.4, -0.2) is 30.9 Å². The molecule has 1 heterocycles. The number of halogens is 3. The molecule has 0 atom stereocenters. The molecule has 0 bridgehead atoms. The molecule has 0 unspecified atom stereocenters. The molecule has 0 radical (unpaired) electrons. The first kappa shape index (κ1) is 22.0. The van der Waals surface area contributed by atoms with Gasteiger partial charge in [0, 0.05) is 29.7 Å². The quantitative estimate of drug-likeness (QED) is 0.396. The van der Waals surface area contributed by atoms with E-state index in [4.69, 9.17) is 9.47 Å². The maximum absolute atomic E-state index is 12.3. The van der Waals surface area contributed by atoms with Crippen molar-refractivity contribution in [3.8, 4) is 11.5 Å². The van der Waals surface area contributed by atoms with Gasteiger partial charge in [0.05, 0.1) is 6.61 Å². The van der Waals surface area contributed by atoms with Crippen LogP contribution >= 0.6 is 0 Å². The number of hydrogen-bond acceptors (Lipinski definition) is 3. The molecule has 3 aromatic rings. The number of benzene rings is 2. The summed E-state index contributed by atoms with van der Waals surface area (Å²) >= 11 is 0. The SMILES string of the molecule is CCCCOc1ccc2c(CCNCc3cccc(OCC(F)(F)F)c3)c[nH]c2c1. The first-order chi connectivity index (χ1) is 14.4. The maximum atomic E-state index is 12.3. The van der Waals surface area contributed by atoms with Crippen molar-refractivity contribution in [2.75, 3.05) is 19.8 Å². The summed E-state index contributed by atoms with van der Waals surface area (Å²) in [4.78, 5) is 3.30. The van der Waals surface area contributed by atoms with Crippen LogP contribution < -0.4 is 14.8 Å². The van der Waals surface area contributed by atoms with Crippen LogP contribution in [0, 0.1) is 0 Å². The molecule has 0 spiro atoms. The fourth-order valence-corrected chi connectivity index (χ4v) is 3.16. The number of H-pyrrole nitrogens is 1. The van der Waals surface area contributed by atoms with E-state index >= 15 is 0 Å². The molecule has 0 saturated heterocycles. The molecular formula is C23H27F3N2O2. The first-order valence-corrected chi connectivity index (χ1v) is 10.2. The summed E-state index contributed by atoms with van der Waals surface area (Å²) in [6.45, 7) is 2.88. The standard InChI is InChI=1S/C23H27F3N2O2/c1-2-3-11-29-20-7-8-21-18(15-28-22(21)13-20)9-10-27-14-17-5-4-6-19(12-17)30-16-23(24,25)26/h4-8,12-13,15,27-28H,2-3,9-11,14,16H2,1H3. The predicted molar refractivity (Wildman–Crippen MR) is 112 cm³/mol. The van der Waals surface area contributed by atoms with Gasteiger partial charge in [-0.25, -0.2) is 0 Å². The molecule has 7 heteroatoms. The molecule has 0 aliphatic rings. The Balaban J connectivity index is 1.48. The highest BCUT2D eigenvalue weighted by atomic mass is 19.4. The van der Waals surface area contributed by atoms with Crippen molar-refractivity contribution in [3.63, 3.8) is 0 Å². The zero-order valence-corrected chi connectivity index (χ0v) is 17.0. The molecule has 162 valence electrons. The zero-order valence-electron chi connectivity index (χ0n) is 17.0. The summed E-state index contributed by atoms with van der Waals surface area (Å²) in [6.07, 6.45) is 0.647. The summed E-state index contributed by atoms with van der Waals surface area (Å²) < 4.78 is 47.4. The van der Waals surface area contributed by atoms with E-state index in [1.807, 2.05) is 24.4 Å². The number of nitrogens with one attached hydrogen (secondary N) is 2. The molecule has 30 heavy (non-hydrogen) atoms. The Kier molecular flexibility index (Phi) is 7.63. The van der Waals surface area contributed by atoms with Gasteiger partial charge >= 0.3 is 6.18 Å². The van der Waals surface area contributed by atoms with Crippen molar-refractivity contribution < 1.29 is 22.6 Å². The Labute approximate surface area is 174 Å². The van der Waals surface area contributed by atoms with Crippen LogP contribution in [0.3, 0.4) is 0 Å². The van der Waals surface area contributed by atoms with Gasteiger partial charge in [0.25, 0.3) is 0 Å². The number of unbranched alkanes of at least 4 members (excludes halogenated alkanes) is 1. The molecule has 0 amide bonds. The number of alkyl halides is 3. The minimum atomic E-state index is -4.34. The van der Waals surface area contributed by atoms with Gasteiger partial charge in [-0.15, -0.1) is 0 Å². The van der Waals surface area contributed by atoms with Gasteiger partial charge in [-0.05, 0) is 54.8 Å². The summed E-state index contributed by atoms with van der Waals surface area (Å²) in [7, 11) is 0. The molecular weight excluding hydrogens is 393 g/mol. The van der Waals surface area contributed by atoms with E-state index < -0.39 is 12.8 Å². The minimum absolute atomic E-state index is 0.222. The van der Waals surface area contributed by atoms with Crippen LogP contribution in [0.15, 0.2) is 48.7 Å². The van der Waals surface area contributed by atoms with E-state index in [-0.39, 0.29) is 5.75 Å². The highest BCUT2D eigenvalue weighted by Gasteiger charge is 2.28. The van der Waals surface area contributed by atoms with Crippen molar-refractivity contribution in [1.29, 1.82) is 0 Å². The fraction of sp³-hybridized carbons (Fsp3) is 0.391. The predicted octanol–water partition coefficient (Wildman–Crippen LogP) is 5.62. The molecule has 0 fully saturated rings. The number of rotatable bonds is 11. The van der Waals surface area contributed by atoms with Crippen LogP contribution in [0.5, 0.6) is 11.5 Å². The summed E-state index contributed by atoms with van der Waals surface area (Å²) in [5.74, 6) is 1.09. The number of ether oxygens (including phenoxy) is 2. The van der Waals surface area contributed by atoms with E-state index in [2.05, 4.69) is 23.3 Å². The lowest BCUT2D eigenvalue weighted by Gasteiger charge is -2.10. The lowest BCUT2D eigenvalue weighted by molar-refractivity contribution is -0.153. The van der Waals surface area contributed by atoms with Crippen molar-refractivity contribution in [2.24, 2.45) is 0 Å². The second kappa shape index (κ2) is 10.4. The van der Waals surface area contributed by atoms with Gasteiger partial charge in [-0.1, -0.05) is 25.5 Å². The molecule has 0 aliphatic heterocycles. The van der Waals surface area contributed by atoms with E-state index in [1.165, 1.54) is 17.0 Å². The molecule has 2 aromatic carbocycles. The topological polar surface area (TPSA) is 46.3 Å². The normalized spacial score (nSPS) is 11.7. The van der Waals surface area contributed by atoms with Gasteiger partial charge in [0.15, 0.2) is 6.61 Å². The highest BCUT2D eigenvalue weighted by molar-refractivity contribution is 5.84. The Hall–Kier alpha value is -2.67. The lowest BCUT2D eigenvalue weighted by Crippen LogP contribution is -2.19. The Bertz CT molecular complexity index is 938. The van der Waals surface area contributed by atoms with Crippen LogP contribution in [0.2, 0.25) is 0 Å². The molecule has 2 N–H and O–H groups in total. The van der Waals surface area contributed by atoms with Gasteiger partial charge in [0.1, 0.15) is 11.5 Å². The lowest BCUT2D eigenvalue weighted by atomic mass is 10.1. The van der Waals surface area contributed by atoms with E-state index in [0.717, 1.165) is 49.2 Å². The number of aromatic amines is 1. The van der Waals surface area contributed by atoms with Gasteiger partial charge in [-0.3, -0.25) is 0 Å². The summed E-state index contributed by atoms with van der Waals surface area (Å²) in [5.41, 5.74) is 3.14. The third-order valence-electron chi connectivity index (χ3n) is 4.71. The van der Waals surface area contributed by atoms with Crippen LogP contribution in [0.1, 0.15) is 30.9 Å². The molecule has 1 aromatic heterocycles. The minimum Gasteiger partial charge on any atom is -0.494 e. The average molecular weight is 420 g/mol. The Morgan fingerprint density at radius 2 is 1.87 bits per heavy atom. The van der Waals surface area contributed by atoms with Gasteiger partial charge in [0.2, 0.25) is 0 Å². The van der Waals surface area contributed by atoms with Crippen LogP contribution in [0.25, 0.3) is 10.9 Å². The van der Waals surface area contributed by atoms with Gasteiger partial charge in [-0.2, -0.15) is 13.2 Å². The number of fused-ring (bicyclic) bond motifs is 1. The fourth-order valence-electron chi connectivity index (χ4n) is 3.16. The van der Waals surface area contributed by atoms with Crippen LogP contribution in [0.4, 0.5) is 13.2 Å².